The van der Waals surface area contributed by atoms with Gasteiger partial charge in [-0.15, -0.1) is 0 Å². The van der Waals surface area contributed by atoms with Crippen molar-refractivity contribution < 1.29 is 14.7 Å². The van der Waals surface area contributed by atoms with Crippen LogP contribution in [0.1, 0.15) is 18.5 Å². The van der Waals surface area contributed by atoms with E-state index in [1.165, 1.54) is 11.2 Å². The molecule has 2 heterocycles. The molecule has 0 aliphatic carbocycles. The van der Waals surface area contributed by atoms with Crippen LogP contribution in [0.15, 0.2) is 18.6 Å². The van der Waals surface area contributed by atoms with Crippen LogP contribution in [-0.4, -0.2) is 44.6 Å². The molecular weight excluding hydrogens is 236 g/mol. The number of carboxylic acids is 1. The van der Waals surface area contributed by atoms with Crippen LogP contribution in [0, 0.1) is 0 Å². The molecule has 1 aliphatic rings. The molecule has 1 aromatic rings. The van der Waals surface area contributed by atoms with Crippen molar-refractivity contribution >= 4 is 12.0 Å². The minimum atomic E-state index is -0.954. The summed E-state index contributed by atoms with van der Waals surface area (Å²) >= 11 is 0. The lowest BCUT2D eigenvalue weighted by Gasteiger charge is -2.21. The summed E-state index contributed by atoms with van der Waals surface area (Å²) in [4.78, 5) is 31.9. The van der Waals surface area contributed by atoms with Gasteiger partial charge >= 0.3 is 12.0 Å². The number of likely N-dealkylation sites (tertiary alicyclic amines) is 1. The highest BCUT2D eigenvalue weighted by Gasteiger charge is 2.33. The van der Waals surface area contributed by atoms with Gasteiger partial charge in [-0.25, -0.2) is 19.6 Å². The van der Waals surface area contributed by atoms with E-state index in [-0.39, 0.29) is 12.6 Å². The molecule has 0 spiro atoms. The lowest BCUT2D eigenvalue weighted by atomic mass is 10.2. The number of aromatic nitrogens is 2. The Bertz CT molecular complexity index is 437. The Morgan fingerprint density at radius 1 is 1.56 bits per heavy atom. The van der Waals surface area contributed by atoms with E-state index in [1.807, 2.05) is 0 Å². The van der Waals surface area contributed by atoms with Gasteiger partial charge in [0.15, 0.2) is 0 Å². The van der Waals surface area contributed by atoms with Crippen molar-refractivity contribution in [3.63, 3.8) is 0 Å². The van der Waals surface area contributed by atoms with Crippen molar-refractivity contribution in [3.8, 4) is 0 Å². The molecule has 2 amide bonds. The average molecular weight is 250 g/mol. The Balaban J connectivity index is 1.90. The standard InChI is InChI=1S/C11H14N4O3/c16-10(17)9-2-1-5-15(9)11(18)13-6-8-3-4-12-7-14-8/h3-4,7,9H,1-2,5-6H2,(H,13,18)(H,16,17). The fraction of sp³-hybridized carbons (Fsp3) is 0.455. The number of nitrogens with zero attached hydrogens (tertiary/aromatic N) is 3. The predicted molar refractivity (Wildman–Crippen MR) is 61.6 cm³/mol. The predicted octanol–water partition coefficient (Wildman–Crippen LogP) is 0.235. The second-order valence-corrected chi connectivity index (χ2v) is 4.05. The summed E-state index contributed by atoms with van der Waals surface area (Å²) in [7, 11) is 0. The van der Waals surface area contributed by atoms with E-state index in [0.717, 1.165) is 6.42 Å². The van der Waals surface area contributed by atoms with Crippen molar-refractivity contribution in [1.82, 2.24) is 20.2 Å². The highest BCUT2D eigenvalue weighted by atomic mass is 16.4. The van der Waals surface area contributed by atoms with Gasteiger partial charge in [-0.1, -0.05) is 0 Å². The van der Waals surface area contributed by atoms with Gasteiger partial charge in [0.25, 0.3) is 0 Å². The maximum Gasteiger partial charge on any atom is 0.326 e. The normalized spacial score (nSPS) is 18.7. The number of aliphatic carboxylic acids is 1. The summed E-state index contributed by atoms with van der Waals surface area (Å²) in [6, 6.07) is 0.618. The maximum atomic E-state index is 11.8. The zero-order chi connectivity index (χ0) is 13.0. The number of hydrogen-bond donors (Lipinski definition) is 2. The molecule has 0 saturated carbocycles. The van der Waals surface area contributed by atoms with E-state index in [0.29, 0.717) is 18.7 Å². The van der Waals surface area contributed by atoms with Gasteiger partial charge in [0.2, 0.25) is 0 Å². The van der Waals surface area contributed by atoms with E-state index in [4.69, 9.17) is 5.11 Å². The average Bonchev–Trinajstić information content (AvgIpc) is 2.86. The number of amides is 2. The molecule has 2 N–H and O–H groups in total. The number of carbonyl (C=O) groups excluding carboxylic acids is 1. The highest BCUT2D eigenvalue weighted by molar-refractivity contribution is 5.83. The van der Waals surface area contributed by atoms with Crippen molar-refractivity contribution in [2.24, 2.45) is 0 Å². The molecule has 0 bridgehead atoms. The molecule has 7 heteroatoms. The van der Waals surface area contributed by atoms with Crippen molar-refractivity contribution in [2.45, 2.75) is 25.4 Å². The Morgan fingerprint density at radius 3 is 3.06 bits per heavy atom. The molecule has 2 rings (SSSR count). The van der Waals surface area contributed by atoms with Crippen LogP contribution in [0.25, 0.3) is 0 Å². The number of urea groups is 1. The monoisotopic (exact) mass is 250 g/mol. The van der Waals surface area contributed by atoms with Gasteiger partial charge in [-0.3, -0.25) is 0 Å². The largest absolute Gasteiger partial charge is 0.480 e. The van der Waals surface area contributed by atoms with E-state index in [1.54, 1.807) is 12.3 Å². The van der Waals surface area contributed by atoms with E-state index >= 15 is 0 Å². The minimum Gasteiger partial charge on any atom is -0.480 e. The molecule has 1 aliphatic heterocycles. The SMILES string of the molecule is O=C(O)C1CCCN1C(=O)NCc1ccncn1. The summed E-state index contributed by atoms with van der Waals surface area (Å²) < 4.78 is 0. The van der Waals surface area contributed by atoms with Gasteiger partial charge in [-0.05, 0) is 18.9 Å². The summed E-state index contributed by atoms with van der Waals surface area (Å²) in [5, 5.41) is 11.6. The van der Waals surface area contributed by atoms with Crippen LogP contribution in [-0.2, 0) is 11.3 Å². The topological polar surface area (TPSA) is 95.4 Å². The molecule has 96 valence electrons. The molecular formula is C11H14N4O3. The van der Waals surface area contributed by atoms with Crippen LogP contribution in [0.2, 0.25) is 0 Å². The Morgan fingerprint density at radius 2 is 2.39 bits per heavy atom. The first-order valence-corrected chi connectivity index (χ1v) is 5.70. The molecule has 1 atom stereocenters. The van der Waals surface area contributed by atoms with Crippen LogP contribution < -0.4 is 5.32 Å². The Kier molecular flexibility index (Phi) is 3.71. The van der Waals surface area contributed by atoms with Crippen molar-refractivity contribution in [2.75, 3.05) is 6.54 Å². The fourth-order valence-electron chi connectivity index (χ4n) is 1.96. The van der Waals surface area contributed by atoms with Gasteiger partial charge in [0, 0.05) is 12.7 Å². The van der Waals surface area contributed by atoms with Crippen LogP contribution in [0.3, 0.4) is 0 Å². The third kappa shape index (κ3) is 2.73. The Hall–Kier alpha value is -2.18. The second-order valence-electron chi connectivity index (χ2n) is 4.05. The third-order valence-corrected chi connectivity index (χ3v) is 2.86. The summed E-state index contributed by atoms with van der Waals surface area (Å²) in [6.07, 6.45) is 4.22. The molecule has 0 radical (unpaired) electrons. The second kappa shape index (κ2) is 5.44. The zero-order valence-corrected chi connectivity index (χ0v) is 9.74. The first kappa shape index (κ1) is 12.3. The molecule has 1 aromatic heterocycles. The molecule has 7 nitrogen and oxygen atoms in total. The molecule has 1 fully saturated rings. The van der Waals surface area contributed by atoms with Gasteiger partial charge in [-0.2, -0.15) is 0 Å². The number of hydrogen-bond acceptors (Lipinski definition) is 4. The third-order valence-electron chi connectivity index (χ3n) is 2.86. The van der Waals surface area contributed by atoms with Crippen LogP contribution in [0.5, 0.6) is 0 Å². The van der Waals surface area contributed by atoms with Gasteiger partial charge < -0.3 is 15.3 Å². The first-order chi connectivity index (χ1) is 8.68. The smallest absolute Gasteiger partial charge is 0.326 e. The van der Waals surface area contributed by atoms with E-state index in [2.05, 4.69) is 15.3 Å². The van der Waals surface area contributed by atoms with Crippen LogP contribution in [0.4, 0.5) is 4.79 Å². The fourth-order valence-corrected chi connectivity index (χ4v) is 1.96. The summed E-state index contributed by atoms with van der Waals surface area (Å²) in [5.41, 5.74) is 0.685. The lowest BCUT2D eigenvalue weighted by Crippen LogP contribution is -2.45. The highest BCUT2D eigenvalue weighted by Crippen LogP contribution is 2.17. The van der Waals surface area contributed by atoms with E-state index < -0.39 is 12.0 Å². The van der Waals surface area contributed by atoms with Crippen LogP contribution >= 0.6 is 0 Å². The lowest BCUT2D eigenvalue weighted by molar-refractivity contribution is -0.141. The summed E-state index contributed by atoms with van der Waals surface area (Å²) in [6.45, 7) is 0.747. The maximum absolute atomic E-state index is 11.8. The van der Waals surface area contributed by atoms with Gasteiger partial charge in [0.1, 0.15) is 12.4 Å². The molecule has 1 saturated heterocycles. The first-order valence-electron chi connectivity index (χ1n) is 5.70. The number of rotatable bonds is 3. The Labute approximate surface area is 104 Å². The molecule has 18 heavy (non-hydrogen) atoms. The van der Waals surface area contributed by atoms with Crippen molar-refractivity contribution in [3.05, 3.63) is 24.3 Å². The zero-order valence-electron chi connectivity index (χ0n) is 9.74. The number of nitrogens with one attached hydrogen (secondary N) is 1. The quantitative estimate of drug-likeness (QED) is 0.801. The van der Waals surface area contributed by atoms with Gasteiger partial charge in [0.05, 0.1) is 12.2 Å². The number of carboxylic acid groups (broad SMARTS) is 1. The molecule has 1 unspecified atom stereocenters. The number of carbonyl (C=O) groups is 2. The molecule has 0 aromatic carbocycles. The van der Waals surface area contributed by atoms with E-state index in [9.17, 15) is 9.59 Å². The summed E-state index contributed by atoms with van der Waals surface area (Å²) in [5.74, 6) is -0.954. The minimum absolute atomic E-state index is 0.268. The van der Waals surface area contributed by atoms with Crippen molar-refractivity contribution in [1.29, 1.82) is 0 Å².